The van der Waals surface area contributed by atoms with Crippen molar-refractivity contribution >= 4 is 39.1 Å². The Hall–Kier alpha value is -2.34. The van der Waals surface area contributed by atoms with Crippen molar-refractivity contribution in [2.45, 2.75) is 26.2 Å². The van der Waals surface area contributed by atoms with Crippen molar-refractivity contribution < 1.29 is 14.3 Å². The maximum atomic E-state index is 12.1. The SMILES string of the molecule is CC(=O)N1CCc2cc(NC(=O)CCCOc3ccc(Br)cc3)ccc21. The molecule has 5 nitrogen and oxygen atoms in total. The van der Waals surface area contributed by atoms with Crippen molar-refractivity contribution in [1.29, 1.82) is 0 Å². The summed E-state index contributed by atoms with van der Waals surface area (Å²) < 4.78 is 6.62. The minimum absolute atomic E-state index is 0.0363. The Morgan fingerprint density at radius 2 is 1.96 bits per heavy atom. The van der Waals surface area contributed by atoms with E-state index in [1.807, 2.05) is 42.5 Å². The molecule has 0 bridgehead atoms. The largest absolute Gasteiger partial charge is 0.494 e. The Kier molecular flexibility index (Phi) is 5.93. The summed E-state index contributed by atoms with van der Waals surface area (Å²) in [5, 5.41) is 2.92. The van der Waals surface area contributed by atoms with Crippen LogP contribution in [0.25, 0.3) is 0 Å². The van der Waals surface area contributed by atoms with Crippen LogP contribution in [0.1, 0.15) is 25.3 Å². The Morgan fingerprint density at radius 1 is 1.19 bits per heavy atom. The zero-order valence-corrected chi connectivity index (χ0v) is 16.2. The minimum atomic E-state index is -0.0363. The molecule has 0 aromatic heterocycles. The normalized spacial score (nSPS) is 12.6. The highest BCUT2D eigenvalue weighted by Crippen LogP contribution is 2.30. The summed E-state index contributed by atoms with van der Waals surface area (Å²) in [4.78, 5) is 25.4. The molecular formula is C20H21BrN2O3. The number of nitrogens with one attached hydrogen (secondary N) is 1. The second kappa shape index (κ2) is 8.36. The van der Waals surface area contributed by atoms with Crippen LogP contribution in [0.15, 0.2) is 46.9 Å². The minimum Gasteiger partial charge on any atom is -0.494 e. The number of carbonyl (C=O) groups excluding carboxylic acids is 2. The Labute approximate surface area is 161 Å². The summed E-state index contributed by atoms with van der Waals surface area (Å²) in [6.07, 6.45) is 1.86. The fourth-order valence-electron chi connectivity index (χ4n) is 2.98. The van der Waals surface area contributed by atoms with Gasteiger partial charge in [-0.25, -0.2) is 0 Å². The van der Waals surface area contributed by atoms with E-state index in [0.29, 0.717) is 26.0 Å². The fourth-order valence-corrected chi connectivity index (χ4v) is 3.25. The number of carbonyl (C=O) groups is 2. The fraction of sp³-hybridized carbons (Fsp3) is 0.300. The lowest BCUT2D eigenvalue weighted by Crippen LogP contribution is -2.25. The number of anilines is 2. The zero-order chi connectivity index (χ0) is 18.5. The van der Waals surface area contributed by atoms with Crippen LogP contribution in [-0.2, 0) is 16.0 Å². The van der Waals surface area contributed by atoms with E-state index in [2.05, 4.69) is 21.2 Å². The smallest absolute Gasteiger partial charge is 0.224 e. The van der Waals surface area contributed by atoms with Crippen LogP contribution in [0, 0.1) is 0 Å². The van der Waals surface area contributed by atoms with Crippen LogP contribution < -0.4 is 15.0 Å². The molecule has 136 valence electrons. The van der Waals surface area contributed by atoms with E-state index in [4.69, 9.17) is 4.74 Å². The third kappa shape index (κ3) is 4.64. The summed E-state index contributed by atoms with van der Waals surface area (Å²) in [7, 11) is 0. The molecular weight excluding hydrogens is 396 g/mol. The van der Waals surface area contributed by atoms with E-state index in [1.54, 1.807) is 11.8 Å². The average molecular weight is 417 g/mol. The molecule has 0 radical (unpaired) electrons. The highest BCUT2D eigenvalue weighted by atomic mass is 79.9. The summed E-state index contributed by atoms with van der Waals surface area (Å²) in [6, 6.07) is 13.3. The molecule has 2 amide bonds. The number of rotatable bonds is 6. The van der Waals surface area contributed by atoms with Crippen molar-refractivity contribution in [2.75, 3.05) is 23.4 Å². The van der Waals surface area contributed by atoms with Crippen LogP contribution in [0.2, 0.25) is 0 Å². The van der Waals surface area contributed by atoms with Crippen molar-refractivity contribution in [3.05, 3.63) is 52.5 Å². The van der Waals surface area contributed by atoms with Gasteiger partial charge >= 0.3 is 0 Å². The molecule has 2 aromatic carbocycles. The zero-order valence-electron chi connectivity index (χ0n) is 14.6. The predicted molar refractivity (Wildman–Crippen MR) is 106 cm³/mol. The van der Waals surface area contributed by atoms with Gasteiger partial charge in [0.1, 0.15) is 5.75 Å². The van der Waals surface area contributed by atoms with Gasteiger partial charge in [-0.1, -0.05) is 15.9 Å². The summed E-state index contributed by atoms with van der Waals surface area (Å²) in [5.74, 6) is 0.805. The van der Waals surface area contributed by atoms with Gasteiger partial charge < -0.3 is 15.0 Å². The monoisotopic (exact) mass is 416 g/mol. The quantitative estimate of drug-likeness (QED) is 0.719. The molecule has 0 aliphatic carbocycles. The average Bonchev–Trinajstić information content (AvgIpc) is 3.04. The van der Waals surface area contributed by atoms with E-state index in [1.165, 1.54) is 0 Å². The number of hydrogen-bond donors (Lipinski definition) is 1. The van der Waals surface area contributed by atoms with Crippen LogP contribution in [0.4, 0.5) is 11.4 Å². The first-order valence-corrected chi connectivity index (χ1v) is 9.41. The molecule has 0 unspecified atom stereocenters. The number of benzene rings is 2. The second-order valence-corrected chi connectivity index (χ2v) is 7.13. The molecule has 1 aliphatic heterocycles. The van der Waals surface area contributed by atoms with E-state index in [0.717, 1.165) is 33.6 Å². The summed E-state index contributed by atoms with van der Waals surface area (Å²) in [5.41, 5.74) is 2.81. The molecule has 2 aromatic rings. The molecule has 1 heterocycles. The number of fused-ring (bicyclic) bond motifs is 1. The lowest BCUT2D eigenvalue weighted by atomic mass is 10.1. The molecule has 1 aliphatic rings. The Bertz CT molecular complexity index is 805. The van der Waals surface area contributed by atoms with Gasteiger partial charge in [-0.2, -0.15) is 0 Å². The Balaban J connectivity index is 1.45. The van der Waals surface area contributed by atoms with Gasteiger partial charge in [0.15, 0.2) is 0 Å². The predicted octanol–water partition coefficient (Wildman–Crippen LogP) is 4.16. The summed E-state index contributed by atoms with van der Waals surface area (Å²) >= 11 is 3.38. The molecule has 0 saturated carbocycles. The molecule has 26 heavy (non-hydrogen) atoms. The van der Waals surface area contributed by atoms with Crippen molar-refractivity contribution in [3.8, 4) is 5.75 Å². The van der Waals surface area contributed by atoms with Gasteiger partial charge in [-0.15, -0.1) is 0 Å². The maximum Gasteiger partial charge on any atom is 0.224 e. The molecule has 0 atom stereocenters. The number of nitrogens with zero attached hydrogens (tertiary/aromatic N) is 1. The molecule has 1 N–H and O–H groups in total. The van der Waals surface area contributed by atoms with Crippen molar-refractivity contribution in [1.82, 2.24) is 0 Å². The number of halogens is 1. The van der Waals surface area contributed by atoms with E-state index in [-0.39, 0.29) is 11.8 Å². The molecule has 0 spiro atoms. The van der Waals surface area contributed by atoms with Gasteiger partial charge in [0.25, 0.3) is 0 Å². The lowest BCUT2D eigenvalue weighted by Gasteiger charge is -2.15. The molecule has 3 rings (SSSR count). The van der Waals surface area contributed by atoms with Crippen LogP contribution in [0.5, 0.6) is 5.75 Å². The lowest BCUT2D eigenvalue weighted by molar-refractivity contribution is -0.117. The molecule has 6 heteroatoms. The van der Waals surface area contributed by atoms with Gasteiger partial charge in [0.2, 0.25) is 11.8 Å². The third-order valence-corrected chi connectivity index (χ3v) is 4.80. The van der Waals surface area contributed by atoms with Crippen LogP contribution in [0.3, 0.4) is 0 Å². The standard InChI is InChI=1S/C20H21BrN2O3/c1-14(24)23-11-10-15-13-17(6-9-19(15)23)22-20(25)3-2-12-26-18-7-4-16(21)5-8-18/h4-9,13H,2-3,10-12H2,1H3,(H,22,25). The van der Waals surface area contributed by atoms with E-state index in [9.17, 15) is 9.59 Å². The number of amides is 2. The topological polar surface area (TPSA) is 58.6 Å². The first kappa shape index (κ1) is 18.5. The maximum absolute atomic E-state index is 12.1. The first-order valence-electron chi connectivity index (χ1n) is 8.62. The number of hydrogen-bond acceptors (Lipinski definition) is 3. The van der Waals surface area contributed by atoms with Gasteiger partial charge in [0, 0.05) is 35.7 Å². The van der Waals surface area contributed by atoms with E-state index >= 15 is 0 Å². The van der Waals surface area contributed by atoms with Crippen LogP contribution in [-0.4, -0.2) is 25.0 Å². The first-order chi connectivity index (χ1) is 12.5. The highest BCUT2D eigenvalue weighted by molar-refractivity contribution is 9.10. The van der Waals surface area contributed by atoms with Crippen LogP contribution >= 0.6 is 15.9 Å². The van der Waals surface area contributed by atoms with Crippen molar-refractivity contribution in [3.63, 3.8) is 0 Å². The number of ether oxygens (including phenoxy) is 1. The van der Waals surface area contributed by atoms with Gasteiger partial charge in [0.05, 0.1) is 6.61 Å². The third-order valence-electron chi connectivity index (χ3n) is 4.27. The molecule has 0 fully saturated rings. The highest BCUT2D eigenvalue weighted by Gasteiger charge is 2.22. The van der Waals surface area contributed by atoms with E-state index < -0.39 is 0 Å². The molecule has 0 saturated heterocycles. The second-order valence-electron chi connectivity index (χ2n) is 6.22. The van der Waals surface area contributed by atoms with Gasteiger partial charge in [-0.3, -0.25) is 9.59 Å². The van der Waals surface area contributed by atoms with Gasteiger partial charge in [-0.05, 0) is 60.9 Å². The Morgan fingerprint density at radius 3 is 2.69 bits per heavy atom. The summed E-state index contributed by atoms with van der Waals surface area (Å²) in [6.45, 7) is 2.77. The van der Waals surface area contributed by atoms with Crippen molar-refractivity contribution in [2.24, 2.45) is 0 Å².